The van der Waals surface area contributed by atoms with E-state index in [9.17, 15) is 18.5 Å². The van der Waals surface area contributed by atoms with Crippen molar-refractivity contribution in [1.82, 2.24) is 13.9 Å². The van der Waals surface area contributed by atoms with Crippen molar-refractivity contribution in [1.29, 1.82) is 5.26 Å². The first kappa shape index (κ1) is 18.5. The fourth-order valence-corrected chi connectivity index (χ4v) is 4.80. The quantitative estimate of drug-likeness (QED) is 0.714. The zero-order valence-electron chi connectivity index (χ0n) is 15.6. The van der Waals surface area contributed by atoms with Gasteiger partial charge in [-0.25, -0.2) is 17.9 Å². The number of sulfonamides is 1. The molecule has 0 bridgehead atoms. The minimum atomic E-state index is -3.65. The highest BCUT2D eigenvalue weighted by Crippen LogP contribution is 2.36. The van der Waals surface area contributed by atoms with Crippen LogP contribution in [0.4, 0.5) is 0 Å². The minimum Gasteiger partial charge on any atom is -0.295 e. The molecule has 7 nitrogen and oxygen atoms in total. The number of nitriles is 1. The zero-order valence-corrected chi connectivity index (χ0v) is 16.5. The first-order valence-corrected chi connectivity index (χ1v) is 10.4. The molecule has 144 valence electrons. The van der Waals surface area contributed by atoms with E-state index in [0.717, 1.165) is 18.4 Å². The predicted octanol–water partition coefficient (Wildman–Crippen LogP) is 2.09. The van der Waals surface area contributed by atoms with E-state index < -0.39 is 10.0 Å². The van der Waals surface area contributed by atoms with E-state index in [-0.39, 0.29) is 22.7 Å². The van der Waals surface area contributed by atoms with E-state index in [4.69, 9.17) is 0 Å². The molecule has 0 saturated heterocycles. The minimum absolute atomic E-state index is 0.137. The van der Waals surface area contributed by atoms with Gasteiger partial charge in [0, 0.05) is 12.6 Å². The van der Waals surface area contributed by atoms with Gasteiger partial charge in [0.1, 0.15) is 0 Å². The smallest absolute Gasteiger partial charge is 0.295 e. The van der Waals surface area contributed by atoms with Gasteiger partial charge < -0.3 is 0 Å². The van der Waals surface area contributed by atoms with E-state index in [1.165, 1.54) is 16.7 Å². The maximum Gasteiger partial charge on any atom is 0.329 e. The molecule has 1 aromatic heterocycles. The molecule has 0 aliphatic heterocycles. The first-order chi connectivity index (χ1) is 13.2. The van der Waals surface area contributed by atoms with Crippen LogP contribution in [0.25, 0.3) is 11.0 Å². The van der Waals surface area contributed by atoms with Crippen LogP contribution in [-0.2, 0) is 23.6 Å². The molecule has 0 atom stereocenters. The van der Waals surface area contributed by atoms with Crippen LogP contribution in [-0.4, -0.2) is 23.1 Å². The Balaban J connectivity index is 1.79. The fraction of sp³-hybridized carbons (Fsp3) is 0.300. The Kier molecular flexibility index (Phi) is 4.17. The third-order valence-corrected chi connectivity index (χ3v) is 6.91. The monoisotopic (exact) mass is 396 g/mol. The van der Waals surface area contributed by atoms with E-state index in [0.29, 0.717) is 16.6 Å². The highest BCUT2D eigenvalue weighted by molar-refractivity contribution is 7.89. The summed E-state index contributed by atoms with van der Waals surface area (Å²) in [6.45, 7) is 2.12. The summed E-state index contributed by atoms with van der Waals surface area (Å²) in [6, 6.07) is 13.9. The fourth-order valence-electron chi connectivity index (χ4n) is 3.32. The molecule has 3 aromatic rings. The zero-order chi connectivity index (χ0) is 20.1. The topological polar surface area (TPSA) is 96.9 Å². The Bertz CT molecular complexity index is 1290. The Morgan fingerprint density at radius 3 is 2.57 bits per heavy atom. The molecule has 0 amide bonds. The van der Waals surface area contributed by atoms with Crippen molar-refractivity contribution in [3.8, 4) is 6.07 Å². The molecule has 1 aliphatic carbocycles. The van der Waals surface area contributed by atoms with Gasteiger partial charge in [-0.3, -0.25) is 9.13 Å². The molecule has 0 radical (unpaired) electrons. The van der Waals surface area contributed by atoms with Crippen molar-refractivity contribution in [3.05, 3.63) is 64.1 Å². The lowest BCUT2D eigenvalue weighted by molar-refractivity contribution is 0.558. The summed E-state index contributed by atoms with van der Waals surface area (Å²) in [5.74, 6) is 0. The number of imidazole rings is 1. The molecule has 1 fully saturated rings. The lowest BCUT2D eigenvalue weighted by atomic mass is 10.1. The predicted molar refractivity (Wildman–Crippen MR) is 105 cm³/mol. The number of fused-ring (bicyclic) bond motifs is 1. The van der Waals surface area contributed by atoms with Crippen molar-refractivity contribution in [2.24, 2.45) is 7.05 Å². The summed E-state index contributed by atoms with van der Waals surface area (Å²) in [5, 5.41) is 9.29. The summed E-state index contributed by atoms with van der Waals surface area (Å²) in [4.78, 5) is 12.9. The molecule has 8 heteroatoms. The largest absolute Gasteiger partial charge is 0.329 e. The normalized spacial score (nSPS) is 15.5. The van der Waals surface area contributed by atoms with Gasteiger partial charge in [0.15, 0.2) is 0 Å². The van der Waals surface area contributed by atoms with Crippen LogP contribution < -0.4 is 10.4 Å². The average molecular weight is 396 g/mol. The SMILES string of the molecule is Cn1c(=O)n(Cc2ccccc2C#N)c2ccc(S(=O)(=O)NC3(C)CC3)cc21. The van der Waals surface area contributed by atoms with Crippen molar-refractivity contribution in [3.63, 3.8) is 0 Å². The molecule has 2 aromatic carbocycles. The Labute approximate surface area is 162 Å². The highest BCUT2D eigenvalue weighted by atomic mass is 32.2. The van der Waals surface area contributed by atoms with Crippen LogP contribution in [0.15, 0.2) is 52.2 Å². The molecule has 0 spiro atoms. The van der Waals surface area contributed by atoms with Crippen molar-refractivity contribution in [2.45, 2.75) is 36.7 Å². The Morgan fingerprint density at radius 1 is 1.18 bits per heavy atom. The lowest BCUT2D eigenvalue weighted by Gasteiger charge is -2.12. The molecule has 28 heavy (non-hydrogen) atoms. The number of nitrogens with zero attached hydrogens (tertiary/aromatic N) is 3. The molecule has 1 N–H and O–H groups in total. The van der Waals surface area contributed by atoms with Gasteiger partial charge in [0.05, 0.1) is 34.1 Å². The van der Waals surface area contributed by atoms with Gasteiger partial charge in [-0.05, 0) is 49.6 Å². The van der Waals surface area contributed by atoms with Crippen LogP contribution in [0.2, 0.25) is 0 Å². The maximum absolute atomic E-state index is 12.8. The van der Waals surface area contributed by atoms with Gasteiger partial charge >= 0.3 is 5.69 Å². The van der Waals surface area contributed by atoms with Crippen LogP contribution in [0.1, 0.15) is 30.9 Å². The van der Waals surface area contributed by atoms with E-state index in [2.05, 4.69) is 10.8 Å². The van der Waals surface area contributed by atoms with Crippen LogP contribution in [0, 0.1) is 11.3 Å². The number of hydrogen-bond acceptors (Lipinski definition) is 4. The number of nitrogens with one attached hydrogen (secondary N) is 1. The summed E-state index contributed by atoms with van der Waals surface area (Å²) in [5.41, 5.74) is 1.76. The van der Waals surface area contributed by atoms with Crippen LogP contribution >= 0.6 is 0 Å². The first-order valence-electron chi connectivity index (χ1n) is 8.95. The summed E-state index contributed by atoms with van der Waals surface area (Å²) >= 11 is 0. The van der Waals surface area contributed by atoms with E-state index >= 15 is 0 Å². The van der Waals surface area contributed by atoms with Crippen molar-refractivity contribution >= 4 is 21.1 Å². The van der Waals surface area contributed by atoms with Crippen LogP contribution in [0.5, 0.6) is 0 Å². The molecular formula is C20H20N4O3S. The van der Waals surface area contributed by atoms with Gasteiger partial charge in [0.2, 0.25) is 10.0 Å². The van der Waals surface area contributed by atoms with Crippen LogP contribution in [0.3, 0.4) is 0 Å². The molecule has 1 aliphatic rings. The molecular weight excluding hydrogens is 376 g/mol. The number of aryl methyl sites for hydroxylation is 1. The van der Waals surface area contributed by atoms with Gasteiger partial charge in [-0.2, -0.15) is 5.26 Å². The molecule has 1 heterocycles. The van der Waals surface area contributed by atoms with Gasteiger partial charge in [0.25, 0.3) is 0 Å². The van der Waals surface area contributed by atoms with Gasteiger partial charge in [-0.15, -0.1) is 0 Å². The van der Waals surface area contributed by atoms with Gasteiger partial charge in [-0.1, -0.05) is 18.2 Å². The van der Waals surface area contributed by atoms with E-state index in [1.807, 2.05) is 19.1 Å². The second-order valence-electron chi connectivity index (χ2n) is 7.51. The lowest BCUT2D eigenvalue weighted by Crippen LogP contribution is -2.34. The average Bonchev–Trinajstić information content (AvgIpc) is 3.34. The van der Waals surface area contributed by atoms with Crippen molar-refractivity contribution < 1.29 is 8.42 Å². The maximum atomic E-state index is 12.8. The molecule has 4 rings (SSSR count). The number of benzene rings is 2. The number of aromatic nitrogens is 2. The summed E-state index contributed by atoms with van der Waals surface area (Å²) in [6.07, 6.45) is 1.64. The number of rotatable bonds is 5. The second kappa shape index (κ2) is 6.33. The second-order valence-corrected chi connectivity index (χ2v) is 9.20. The third-order valence-electron chi connectivity index (χ3n) is 5.27. The standard InChI is InChI=1S/C20H20N4O3S/c1-20(9-10-20)22-28(26,27)16-7-8-17-18(11-16)23(2)19(25)24(17)13-15-6-4-3-5-14(15)12-21/h3-8,11,22H,9-10,13H2,1-2H3. The summed E-state index contributed by atoms with van der Waals surface area (Å²) in [7, 11) is -2.04. The summed E-state index contributed by atoms with van der Waals surface area (Å²) < 4.78 is 31.0. The third kappa shape index (κ3) is 3.13. The number of hydrogen-bond donors (Lipinski definition) is 1. The Morgan fingerprint density at radius 2 is 1.89 bits per heavy atom. The van der Waals surface area contributed by atoms with Crippen molar-refractivity contribution in [2.75, 3.05) is 0 Å². The molecule has 1 saturated carbocycles. The Hall–Kier alpha value is -2.89. The molecule has 0 unspecified atom stereocenters. The van der Waals surface area contributed by atoms with E-state index in [1.54, 1.807) is 29.8 Å². The highest BCUT2D eigenvalue weighted by Gasteiger charge is 2.41.